The SMILES string of the molecule is CC(N)c1cccc(F)c1Oc1ccc(C#N)cc1F. The molecule has 0 spiro atoms. The van der Waals surface area contributed by atoms with Gasteiger partial charge in [0.2, 0.25) is 0 Å². The van der Waals surface area contributed by atoms with Crippen LogP contribution in [0, 0.1) is 23.0 Å². The second-order valence-corrected chi connectivity index (χ2v) is 4.31. The Hall–Kier alpha value is -2.45. The molecule has 102 valence electrons. The van der Waals surface area contributed by atoms with E-state index in [2.05, 4.69) is 0 Å². The quantitative estimate of drug-likeness (QED) is 0.929. The van der Waals surface area contributed by atoms with Gasteiger partial charge in [0.15, 0.2) is 23.1 Å². The Morgan fingerprint density at radius 1 is 1.20 bits per heavy atom. The summed E-state index contributed by atoms with van der Waals surface area (Å²) in [5.41, 5.74) is 6.34. The van der Waals surface area contributed by atoms with Crippen molar-refractivity contribution in [1.82, 2.24) is 0 Å². The number of nitrogens with zero attached hydrogens (tertiary/aromatic N) is 1. The van der Waals surface area contributed by atoms with E-state index in [4.69, 9.17) is 15.7 Å². The Balaban J connectivity index is 2.43. The smallest absolute Gasteiger partial charge is 0.167 e. The molecule has 2 rings (SSSR count). The molecule has 0 radical (unpaired) electrons. The maximum atomic E-state index is 13.8. The van der Waals surface area contributed by atoms with Gasteiger partial charge in [0.1, 0.15) is 0 Å². The predicted octanol–water partition coefficient (Wildman–Crippen LogP) is 3.65. The van der Waals surface area contributed by atoms with Crippen molar-refractivity contribution in [3.63, 3.8) is 0 Å². The fourth-order valence-corrected chi connectivity index (χ4v) is 1.75. The second-order valence-electron chi connectivity index (χ2n) is 4.31. The fourth-order valence-electron chi connectivity index (χ4n) is 1.75. The van der Waals surface area contributed by atoms with Gasteiger partial charge in [-0.2, -0.15) is 5.26 Å². The molecule has 0 fully saturated rings. The molecule has 3 nitrogen and oxygen atoms in total. The Labute approximate surface area is 115 Å². The van der Waals surface area contributed by atoms with Crippen molar-refractivity contribution in [3.8, 4) is 17.6 Å². The third-order valence-corrected chi connectivity index (χ3v) is 2.76. The summed E-state index contributed by atoms with van der Waals surface area (Å²) < 4.78 is 32.9. The molecule has 2 N–H and O–H groups in total. The van der Waals surface area contributed by atoms with Crippen LogP contribution in [0.2, 0.25) is 0 Å². The van der Waals surface area contributed by atoms with E-state index in [9.17, 15) is 8.78 Å². The monoisotopic (exact) mass is 274 g/mol. The topological polar surface area (TPSA) is 59.0 Å². The molecular formula is C15H12F2N2O. The molecule has 5 heteroatoms. The Bertz CT molecular complexity index is 678. The minimum absolute atomic E-state index is 0.105. The first-order valence-electron chi connectivity index (χ1n) is 5.94. The zero-order valence-electron chi connectivity index (χ0n) is 10.7. The van der Waals surface area contributed by atoms with E-state index >= 15 is 0 Å². The van der Waals surface area contributed by atoms with Crippen LogP contribution in [0.15, 0.2) is 36.4 Å². The number of hydrogen-bond acceptors (Lipinski definition) is 3. The minimum Gasteiger partial charge on any atom is -0.451 e. The van der Waals surface area contributed by atoms with Crippen LogP contribution in [0.5, 0.6) is 11.5 Å². The van der Waals surface area contributed by atoms with E-state index in [0.29, 0.717) is 5.56 Å². The molecular weight excluding hydrogens is 262 g/mol. The molecule has 2 aromatic carbocycles. The van der Waals surface area contributed by atoms with Gasteiger partial charge in [0.25, 0.3) is 0 Å². The molecule has 20 heavy (non-hydrogen) atoms. The number of ether oxygens (including phenoxy) is 1. The van der Waals surface area contributed by atoms with Crippen molar-refractivity contribution < 1.29 is 13.5 Å². The Kier molecular flexibility index (Phi) is 3.97. The summed E-state index contributed by atoms with van der Waals surface area (Å²) in [4.78, 5) is 0. The van der Waals surface area contributed by atoms with E-state index in [1.165, 1.54) is 24.3 Å². The van der Waals surface area contributed by atoms with Crippen LogP contribution in [0.1, 0.15) is 24.1 Å². The van der Waals surface area contributed by atoms with Gasteiger partial charge >= 0.3 is 0 Å². The summed E-state index contributed by atoms with van der Waals surface area (Å²) in [6.45, 7) is 1.68. The summed E-state index contributed by atoms with van der Waals surface area (Å²) in [6.07, 6.45) is 0. The van der Waals surface area contributed by atoms with E-state index in [-0.39, 0.29) is 17.1 Å². The first-order valence-corrected chi connectivity index (χ1v) is 5.94. The Morgan fingerprint density at radius 2 is 1.95 bits per heavy atom. The molecule has 0 aliphatic heterocycles. The second kappa shape index (κ2) is 5.68. The van der Waals surface area contributed by atoms with E-state index < -0.39 is 17.7 Å². The lowest BCUT2D eigenvalue weighted by Gasteiger charge is -2.14. The number of halogens is 2. The first kappa shape index (κ1) is 14.0. The molecule has 0 aromatic heterocycles. The molecule has 0 aliphatic carbocycles. The van der Waals surface area contributed by atoms with Crippen LogP contribution in [-0.2, 0) is 0 Å². The summed E-state index contributed by atoms with van der Waals surface area (Å²) in [7, 11) is 0. The molecule has 0 bridgehead atoms. The number of para-hydroxylation sites is 1. The Morgan fingerprint density at radius 3 is 2.55 bits per heavy atom. The normalized spacial score (nSPS) is 11.8. The van der Waals surface area contributed by atoms with Crippen molar-refractivity contribution >= 4 is 0 Å². The van der Waals surface area contributed by atoms with Crippen LogP contribution < -0.4 is 10.5 Å². The highest BCUT2D eigenvalue weighted by molar-refractivity contribution is 5.43. The number of benzene rings is 2. The van der Waals surface area contributed by atoms with Crippen molar-refractivity contribution in [2.75, 3.05) is 0 Å². The van der Waals surface area contributed by atoms with Crippen molar-refractivity contribution in [1.29, 1.82) is 5.26 Å². The van der Waals surface area contributed by atoms with Crippen LogP contribution >= 0.6 is 0 Å². The molecule has 1 atom stereocenters. The van der Waals surface area contributed by atoms with Gasteiger partial charge in [-0.05, 0) is 31.2 Å². The number of rotatable bonds is 3. The van der Waals surface area contributed by atoms with Crippen LogP contribution in [0.25, 0.3) is 0 Å². The molecule has 0 aliphatic rings. The van der Waals surface area contributed by atoms with Crippen LogP contribution in [-0.4, -0.2) is 0 Å². The van der Waals surface area contributed by atoms with Gasteiger partial charge in [-0.25, -0.2) is 8.78 Å². The summed E-state index contributed by atoms with van der Waals surface area (Å²) in [5, 5.41) is 8.67. The van der Waals surface area contributed by atoms with E-state index in [0.717, 1.165) is 6.07 Å². The van der Waals surface area contributed by atoms with E-state index in [1.807, 2.05) is 6.07 Å². The van der Waals surface area contributed by atoms with Gasteiger partial charge in [-0.3, -0.25) is 0 Å². The minimum atomic E-state index is -0.733. The lowest BCUT2D eigenvalue weighted by atomic mass is 10.1. The molecule has 0 saturated heterocycles. The third kappa shape index (κ3) is 2.76. The lowest BCUT2D eigenvalue weighted by Crippen LogP contribution is -2.08. The van der Waals surface area contributed by atoms with Gasteiger partial charge < -0.3 is 10.5 Å². The van der Waals surface area contributed by atoms with Crippen molar-refractivity contribution in [2.24, 2.45) is 5.73 Å². The van der Waals surface area contributed by atoms with Crippen LogP contribution in [0.3, 0.4) is 0 Å². The van der Waals surface area contributed by atoms with Gasteiger partial charge in [-0.15, -0.1) is 0 Å². The highest BCUT2D eigenvalue weighted by Crippen LogP contribution is 2.32. The molecule has 0 heterocycles. The standard InChI is InChI=1S/C15H12F2N2O/c1-9(19)11-3-2-4-12(16)15(11)20-14-6-5-10(8-18)7-13(14)17/h2-7,9H,19H2,1H3. The average Bonchev–Trinajstić information content (AvgIpc) is 2.42. The molecule has 2 aromatic rings. The molecule has 0 amide bonds. The lowest BCUT2D eigenvalue weighted by molar-refractivity contribution is 0.407. The number of hydrogen-bond donors (Lipinski definition) is 1. The highest BCUT2D eigenvalue weighted by atomic mass is 19.1. The summed E-state index contributed by atoms with van der Waals surface area (Å²) >= 11 is 0. The highest BCUT2D eigenvalue weighted by Gasteiger charge is 2.16. The fraction of sp³-hybridized carbons (Fsp3) is 0.133. The maximum Gasteiger partial charge on any atom is 0.167 e. The zero-order chi connectivity index (χ0) is 14.7. The van der Waals surface area contributed by atoms with Gasteiger partial charge in [0, 0.05) is 11.6 Å². The number of nitriles is 1. The average molecular weight is 274 g/mol. The summed E-state index contributed by atoms with van der Waals surface area (Å²) in [6, 6.07) is 9.40. The molecule has 0 saturated carbocycles. The molecule has 1 unspecified atom stereocenters. The van der Waals surface area contributed by atoms with Crippen molar-refractivity contribution in [3.05, 3.63) is 59.2 Å². The van der Waals surface area contributed by atoms with Gasteiger partial charge in [0.05, 0.1) is 11.6 Å². The largest absolute Gasteiger partial charge is 0.451 e. The first-order chi connectivity index (χ1) is 9.52. The third-order valence-electron chi connectivity index (χ3n) is 2.76. The van der Waals surface area contributed by atoms with Gasteiger partial charge in [-0.1, -0.05) is 12.1 Å². The maximum absolute atomic E-state index is 13.8. The predicted molar refractivity (Wildman–Crippen MR) is 70.2 cm³/mol. The number of nitrogens with two attached hydrogens (primary N) is 1. The summed E-state index contributed by atoms with van der Waals surface area (Å²) in [5.74, 6) is -1.62. The van der Waals surface area contributed by atoms with Crippen LogP contribution in [0.4, 0.5) is 8.78 Å². The van der Waals surface area contributed by atoms with Crippen molar-refractivity contribution in [2.45, 2.75) is 13.0 Å². The zero-order valence-corrected chi connectivity index (χ0v) is 10.7. The van der Waals surface area contributed by atoms with E-state index in [1.54, 1.807) is 13.0 Å².